The molecule has 0 saturated heterocycles. The average Bonchev–Trinajstić information content (AvgIpc) is 2.65. The van der Waals surface area contributed by atoms with Gasteiger partial charge in [-0.25, -0.2) is 0 Å². The second kappa shape index (κ2) is 6.59. The largest absolute Gasteiger partial charge is 0.253 e. The van der Waals surface area contributed by atoms with Crippen molar-refractivity contribution in [2.45, 2.75) is 59.4 Å². The molecular weight excluding hydrogens is 186 g/mol. The molecule has 0 radical (unpaired) electrons. The summed E-state index contributed by atoms with van der Waals surface area (Å²) in [6.07, 6.45) is 8.40. The van der Waals surface area contributed by atoms with Crippen LogP contribution in [-0.2, 0) is 13.0 Å². The Bertz CT molecular complexity index is 266. The summed E-state index contributed by atoms with van der Waals surface area (Å²) in [4.78, 5) is 0. The van der Waals surface area contributed by atoms with E-state index < -0.39 is 0 Å². The number of unbranched alkanes of at least 4 members (excludes halogenated alkanes) is 2. The number of aryl methyl sites for hydroxylation is 2. The topological polar surface area (TPSA) is 30.7 Å². The fourth-order valence-corrected chi connectivity index (χ4v) is 1.64. The monoisotopic (exact) mass is 209 g/mol. The summed E-state index contributed by atoms with van der Waals surface area (Å²) in [5, 5.41) is 8.16. The van der Waals surface area contributed by atoms with Crippen LogP contribution >= 0.6 is 0 Å². The van der Waals surface area contributed by atoms with E-state index in [1.165, 1.54) is 25.7 Å². The first-order chi connectivity index (χ1) is 7.22. The van der Waals surface area contributed by atoms with Crippen LogP contribution in [0.5, 0.6) is 0 Å². The van der Waals surface area contributed by atoms with Gasteiger partial charge in [-0.1, -0.05) is 38.3 Å². The van der Waals surface area contributed by atoms with E-state index in [2.05, 4.69) is 37.3 Å². The summed E-state index contributed by atoms with van der Waals surface area (Å²) in [7, 11) is 0. The predicted molar refractivity (Wildman–Crippen MR) is 62.7 cm³/mol. The van der Waals surface area contributed by atoms with Crippen molar-refractivity contribution in [2.24, 2.45) is 5.92 Å². The van der Waals surface area contributed by atoms with Crippen molar-refractivity contribution in [1.29, 1.82) is 0 Å². The fourth-order valence-electron chi connectivity index (χ4n) is 1.64. The molecule has 1 heterocycles. The van der Waals surface area contributed by atoms with E-state index in [9.17, 15) is 0 Å². The van der Waals surface area contributed by atoms with Crippen molar-refractivity contribution < 1.29 is 0 Å². The Balaban J connectivity index is 2.09. The van der Waals surface area contributed by atoms with E-state index in [1.807, 2.05) is 4.68 Å². The van der Waals surface area contributed by atoms with Crippen molar-refractivity contribution in [1.82, 2.24) is 15.0 Å². The number of aromatic nitrogens is 3. The van der Waals surface area contributed by atoms with Crippen LogP contribution in [0.2, 0.25) is 0 Å². The molecule has 86 valence electrons. The van der Waals surface area contributed by atoms with Gasteiger partial charge in [-0.15, -0.1) is 5.10 Å². The van der Waals surface area contributed by atoms with Crippen LogP contribution in [0.25, 0.3) is 0 Å². The molecule has 0 N–H and O–H groups in total. The predicted octanol–water partition coefficient (Wildman–Crippen LogP) is 3.06. The van der Waals surface area contributed by atoms with Crippen LogP contribution in [-0.4, -0.2) is 15.0 Å². The standard InChI is InChI=1S/C12H23N3/c1-4-15-10-12(13-14-15)9-7-5-6-8-11(2)3/h10-11H,4-9H2,1-3H3. The van der Waals surface area contributed by atoms with Crippen molar-refractivity contribution in [2.75, 3.05) is 0 Å². The molecule has 15 heavy (non-hydrogen) atoms. The maximum absolute atomic E-state index is 4.13. The average molecular weight is 209 g/mol. The highest BCUT2D eigenvalue weighted by atomic mass is 15.4. The van der Waals surface area contributed by atoms with E-state index in [0.717, 1.165) is 24.6 Å². The van der Waals surface area contributed by atoms with Crippen molar-refractivity contribution in [3.05, 3.63) is 11.9 Å². The smallest absolute Gasteiger partial charge is 0.0827 e. The summed E-state index contributed by atoms with van der Waals surface area (Å²) in [5.74, 6) is 0.839. The zero-order chi connectivity index (χ0) is 11.1. The third kappa shape index (κ3) is 4.96. The minimum absolute atomic E-state index is 0.839. The molecule has 0 unspecified atom stereocenters. The summed E-state index contributed by atoms with van der Waals surface area (Å²) < 4.78 is 1.89. The third-order valence-corrected chi connectivity index (χ3v) is 2.62. The maximum atomic E-state index is 4.13. The summed E-state index contributed by atoms with van der Waals surface area (Å²) in [5.41, 5.74) is 1.14. The number of hydrogen-bond donors (Lipinski definition) is 0. The van der Waals surface area contributed by atoms with E-state index >= 15 is 0 Å². The van der Waals surface area contributed by atoms with E-state index in [1.54, 1.807) is 0 Å². The second-order valence-corrected chi connectivity index (χ2v) is 4.56. The first kappa shape index (κ1) is 12.2. The highest BCUT2D eigenvalue weighted by Crippen LogP contribution is 2.10. The molecule has 3 nitrogen and oxygen atoms in total. The number of rotatable bonds is 7. The van der Waals surface area contributed by atoms with Crippen LogP contribution in [0.4, 0.5) is 0 Å². The molecule has 1 aromatic rings. The zero-order valence-electron chi connectivity index (χ0n) is 10.2. The van der Waals surface area contributed by atoms with Crippen molar-refractivity contribution in [3.8, 4) is 0 Å². The summed E-state index contributed by atoms with van der Waals surface area (Å²) in [6.45, 7) is 7.57. The first-order valence-corrected chi connectivity index (χ1v) is 6.11. The lowest BCUT2D eigenvalue weighted by atomic mass is 10.0. The minimum atomic E-state index is 0.839. The lowest BCUT2D eigenvalue weighted by Gasteiger charge is -2.02. The molecule has 3 heteroatoms. The van der Waals surface area contributed by atoms with Gasteiger partial charge in [0.1, 0.15) is 0 Å². The highest BCUT2D eigenvalue weighted by Gasteiger charge is 1.99. The molecule has 0 bridgehead atoms. The van der Waals surface area contributed by atoms with Gasteiger partial charge in [0.2, 0.25) is 0 Å². The van der Waals surface area contributed by atoms with E-state index in [0.29, 0.717) is 0 Å². The molecule has 0 saturated carbocycles. The van der Waals surface area contributed by atoms with Crippen LogP contribution in [0, 0.1) is 5.92 Å². The van der Waals surface area contributed by atoms with Gasteiger partial charge in [-0.2, -0.15) is 0 Å². The van der Waals surface area contributed by atoms with Crippen molar-refractivity contribution >= 4 is 0 Å². The van der Waals surface area contributed by atoms with Gasteiger partial charge in [0.25, 0.3) is 0 Å². The van der Waals surface area contributed by atoms with E-state index in [4.69, 9.17) is 0 Å². The Kier molecular flexibility index (Phi) is 5.37. The molecule has 0 aliphatic rings. The fraction of sp³-hybridized carbons (Fsp3) is 0.833. The minimum Gasteiger partial charge on any atom is -0.253 e. The number of nitrogens with zero attached hydrogens (tertiary/aromatic N) is 3. The van der Waals surface area contributed by atoms with Gasteiger partial charge < -0.3 is 0 Å². The molecular formula is C12H23N3. The Hall–Kier alpha value is -0.860. The Morgan fingerprint density at radius 2 is 2.07 bits per heavy atom. The molecule has 0 aromatic carbocycles. The second-order valence-electron chi connectivity index (χ2n) is 4.56. The third-order valence-electron chi connectivity index (χ3n) is 2.62. The van der Waals surface area contributed by atoms with Gasteiger partial charge in [-0.05, 0) is 25.7 Å². The van der Waals surface area contributed by atoms with Crippen LogP contribution in [0.1, 0.15) is 52.1 Å². The quantitative estimate of drug-likeness (QED) is 0.646. The van der Waals surface area contributed by atoms with Crippen LogP contribution < -0.4 is 0 Å². The summed E-state index contributed by atoms with van der Waals surface area (Å²) >= 11 is 0. The molecule has 0 atom stereocenters. The van der Waals surface area contributed by atoms with Crippen LogP contribution in [0.3, 0.4) is 0 Å². The Labute approximate surface area is 92.9 Å². The lowest BCUT2D eigenvalue weighted by molar-refractivity contribution is 0.526. The van der Waals surface area contributed by atoms with Gasteiger partial charge in [0.15, 0.2) is 0 Å². The molecule has 0 aliphatic carbocycles. The molecule has 0 amide bonds. The molecule has 0 aliphatic heterocycles. The number of hydrogen-bond acceptors (Lipinski definition) is 2. The summed E-state index contributed by atoms with van der Waals surface area (Å²) in [6, 6.07) is 0. The van der Waals surface area contributed by atoms with E-state index in [-0.39, 0.29) is 0 Å². The van der Waals surface area contributed by atoms with Crippen LogP contribution in [0.15, 0.2) is 6.20 Å². The Morgan fingerprint density at radius 1 is 1.27 bits per heavy atom. The lowest BCUT2D eigenvalue weighted by Crippen LogP contribution is -1.93. The van der Waals surface area contributed by atoms with Gasteiger partial charge in [0, 0.05) is 12.7 Å². The molecule has 0 spiro atoms. The maximum Gasteiger partial charge on any atom is 0.0827 e. The van der Waals surface area contributed by atoms with Gasteiger partial charge in [-0.3, -0.25) is 4.68 Å². The first-order valence-electron chi connectivity index (χ1n) is 6.11. The molecule has 1 aromatic heterocycles. The molecule has 1 rings (SSSR count). The van der Waals surface area contributed by atoms with Gasteiger partial charge in [0.05, 0.1) is 5.69 Å². The zero-order valence-corrected chi connectivity index (χ0v) is 10.2. The van der Waals surface area contributed by atoms with Crippen molar-refractivity contribution in [3.63, 3.8) is 0 Å². The molecule has 0 fully saturated rings. The SMILES string of the molecule is CCn1cc(CCCCCC(C)C)nn1. The van der Waals surface area contributed by atoms with Gasteiger partial charge >= 0.3 is 0 Å². The Morgan fingerprint density at radius 3 is 2.67 bits per heavy atom. The highest BCUT2D eigenvalue weighted by molar-refractivity contribution is 4.91. The normalized spacial score (nSPS) is 11.2.